The van der Waals surface area contributed by atoms with Gasteiger partial charge < -0.3 is 14.7 Å². The van der Waals surface area contributed by atoms with Crippen molar-refractivity contribution in [1.82, 2.24) is 20.5 Å². The Hall–Kier alpha value is -3.10. The summed E-state index contributed by atoms with van der Waals surface area (Å²) in [6, 6.07) is 6.99. The molecule has 2 aliphatic rings. The van der Waals surface area contributed by atoms with Gasteiger partial charge in [-0.2, -0.15) is 5.10 Å². The maximum Gasteiger partial charge on any atom is 0.325 e. The molecule has 1 aromatic carbocycles. The van der Waals surface area contributed by atoms with Crippen molar-refractivity contribution in [2.45, 2.75) is 25.6 Å². The summed E-state index contributed by atoms with van der Waals surface area (Å²) in [5, 5.41) is 6.63. The van der Waals surface area contributed by atoms with Gasteiger partial charge in [-0.25, -0.2) is 15.2 Å². The number of likely N-dealkylation sites (N-methyl/N-ethyl adjacent to an activating group) is 1. The van der Waals surface area contributed by atoms with Crippen molar-refractivity contribution in [3.05, 3.63) is 29.8 Å². The molecule has 1 saturated heterocycles. The van der Waals surface area contributed by atoms with Crippen molar-refractivity contribution in [3.63, 3.8) is 0 Å². The fourth-order valence-electron chi connectivity index (χ4n) is 3.13. The van der Waals surface area contributed by atoms with Crippen LogP contribution in [0, 0.1) is 0 Å². The van der Waals surface area contributed by atoms with Crippen molar-refractivity contribution in [1.29, 1.82) is 0 Å². The number of hydrogen-bond acceptors (Lipinski definition) is 7. The number of benzene rings is 1. The van der Waals surface area contributed by atoms with Crippen LogP contribution in [-0.2, 0) is 4.79 Å². The number of carbonyl (C=O) groups is 2. The van der Waals surface area contributed by atoms with Crippen molar-refractivity contribution < 1.29 is 9.59 Å². The second-order valence-corrected chi connectivity index (χ2v) is 6.77. The Bertz CT molecular complexity index is 772. The number of rotatable bonds is 5. The van der Waals surface area contributed by atoms with Gasteiger partial charge in [0, 0.05) is 33.4 Å². The van der Waals surface area contributed by atoms with Gasteiger partial charge in [-0.15, -0.1) is 0 Å². The summed E-state index contributed by atoms with van der Waals surface area (Å²) in [6.45, 7) is 2.66. The summed E-state index contributed by atoms with van der Waals surface area (Å²) in [6.07, 6.45) is 1.99. The van der Waals surface area contributed by atoms with Gasteiger partial charge in [0.1, 0.15) is 0 Å². The molecular formula is C18H25N7O2. The van der Waals surface area contributed by atoms with Crippen LogP contribution in [0.5, 0.6) is 0 Å². The van der Waals surface area contributed by atoms with Gasteiger partial charge in [-0.3, -0.25) is 10.1 Å². The molecule has 144 valence electrons. The fourth-order valence-corrected chi connectivity index (χ4v) is 3.13. The highest BCUT2D eigenvalue weighted by Crippen LogP contribution is 2.23. The minimum absolute atomic E-state index is 0.333. The molecule has 3 rings (SSSR count). The van der Waals surface area contributed by atoms with Crippen LogP contribution in [0.15, 0.2) is 34.4 Å². The summed E-state index contributed by atoms with van der Waals surface area (Å²) in [4.78, 5) is 34.0. The molecule has 9 heteroatoms. The van der Waals surface area contributed by atoms with Crippen LogP contribution in [0.25, 0.3) is 0 Å². The van der Waals surface area contributed by atoms with E-state index in [-0.39, 0.29) is 5.91 Å². The Labute approximate surface area is 158 Å². The largest absolute Gasteiger partial charge is 0.378 e. The van der Waals surface area contributed by atoms with Crippen molar-refractivity contribution in [3.8, 4) is 0 Å². The van der Waals surface area contributed by atoms with Gasteiger partial charge in [0.15, 0.2) is 12.2 Å². The number of nitrogens with one attached hydrogen (secondary N) is 2. The summed E-state index contributed by atoms with van der Waals surface area (Å²) in [5.74, 6) is 0.157. The highest BCUT2D eigenvalue weighted by Gasteiger charge is 2.48. The molecule has 2 N–H and O–H groups in total. The molecule has 3 amide bonds. The Morgan fingerprint density at radius 2 is 2.00 bits per heavy atom. The van der Waals surface area contributed by atoms with Crippen LogP contribution in [0.2, 0.25) is 0 Å². The third-order valence-electron chi connectivity index (χ3n) is 4.61. The lowest BCUT2D eigenvalue weighted by molar-refractivity contribution is -0.127. The molecule has 0 saturated carbocycles. The zero-order valence-corrected chi connectivity index (χ0v) is 16.0. The molecule has 2 aliphatic heterocycles. The lowest BCUT2D eigenvalue weighted by Gasteiger charge is -2.35. The average Bonchev–Trinajstić information content (AvgIpc) is 3.00. The zero-order valence-electron chi connectivity index (χ0n) is 16.0. The minimum atomic E-state index is -0.546. The van der Waals surface area contributed by atoms with Crippen LogP contribution < -0.4 is 15.6 Å². The molecule has 2 heterocycles. The van der Waals surface area contributed by atoms with E-state index in [1.54, 1.807) is 13.3 Å². The topological polar surface area (TPSA) is 92.6 Å². The van der Waals surface area contributed by atoms with Crippen LogP contribution in [0.1, 0.15) is 18.9 Å². The van der Waals surface area contributed by atoms with Gasteiger partial charge in [0.2, 0.25) is 5.96 Å². The number of imide groups is 1. The van der Waals surface area contributed by atoms with Crippen LogP contribution in [0.4, 0.5) is 10.5 Å². The van der Waals surface area contributed by atoms with Gasteiger partial charge in [-0.1, -0.05) is 19.1 Å². The summed E-state index contributed by atoms with van der Waals surface area (Å²) in [7, 11) is 5.61. The number of aliphatic imine (C=N–C) groups is 1. The second kappa shape index (κ2) is 7.65. The predicted octanol–water partition coefficient (Wildman–Crippen LogP) is 0.634. The van der Waals surface area contributed by atoms with Gasteiger partial charge in [-0.05, 0) is 24.1 Å². The molecule has 2 atom stereocenters. The second-order valence-electron chi connectivity index (χ2n) is 6.77. The Kier molecular flexibility index (Phi) is 5.29. The fraction of sp³-hybridized carbons (Fsp3) is 0.444. The summed E-state index contributed by atoms with van der Waals surface area (Å²) < 4.78 is 0. The van der Waals surface area contributed by atoms with Crippen molar-refractivity contribution in [2.75, 3.05) is 32.6 Å². The Morgan fingerprint density at radius 3 is 2.63 bits per heavy atom. The molecule has 1 aromatic rings. The van der Waals surface area contributed by atoms with Gasteiger partial charge in [0.05, 0.1) is 6.21 Å². The third-order valence-corrected chi connectivity index (χ3v) is 4.61. The van der Waals surface area contributed by atoms with Crippen molar-refractivity contribution >= 4 is 29.8 Å². The summed E-state index contributed by atoms with van der Waals surface area (Å²) >= 11 is 0. The molecule has 1 fully saturated rings. The lowest BCUT2D eigenvalue weighted by Crippen LogP contribution is -2.64. The third kappa shape index (κ3) is 3.71. The lowest BCUT2D eigenvalue weighted by atomic mass is 10.1. The van der Waals surface area contributed by atoms with E-state index in [0.29, 0.717) is 12.5 Å². The Balaban J connectivity index is 1.74. The van der Waals surface area contributed by atoms with E-state index in [4.69, 9.17) is 0 Å². The number of anilines is 1. The predicted molar refractivity (Wildman–Crippen MR) is 105 cm³/mol. The highest BCUT2D eigenvalue weighted by molar-refractivity contribution is 6.03. The molecule has 0 aliphatic carbocycles. The summed E-state index contributed by atoms with van der Waals surface area (Å²) in [5.41, 5.74) is 4.98. The highest BCUT2D eigenvalue weighted by atomic mass is 16.2. The van der Waals surface area contributed by atoms with Crippen molar-refractivity contribution in [2.24, 2.45) is 10.1 Å². The van der Waals surface area contributed by atoms with E-state index in [1.807, 2.05) is 55.1 Å². The van der Waals surface area contributed by atoms with Crippen LogP contribution >= 0.6 is 0 Å². The first-order valence-corrected chi connectivity index (χ1v) is 8.91. The first kappa shape index (κ1) is 18.7. The number of urea groups is 1. The van der Waals surface area contributed by atoms with E-state index in [0.717, 1.165) is 17.7 Å². The van der Waals surface area contributed by atoms with Crippen LogP contribution in [-0.4, -0.2) is 73.8 Å². The number of hydrogen-bond donors (Lipinski definition) is 2. The molecule has 0 aromatic heterocycles. The van der Waals surface area contributed by atoms with E-state index >= 15 is 0 Å². The zero-order chi connectivity index (χ0) is 19.6. The molecule has 0 bridgehead atoms. The number of hydrazone groups is 1. The molecule has 9 nitrogen and oxygen atoms in total. The maximum atomic E-state index is 12.3. The van der Waals surface area contributed by atoms with E-state index in [9.17, 15) is 9.59 Å². The molecular weight excluding hydrogens is 346 g/mol. The number of amides is 3. The molecule has 0 radical (unpaired) electrons. The number of fused-ring (bicyclic) bond motifs is 1. The monoisotopic (exact) mass is 371 g/mol. The standard InChI is InChI=1S/C18H25N7O2/c1-5-10-25-14-15(24(4)18(27)21-16(14)26)20-17(25)22-19-11-12-6-8-13(9-7-12)23(2)3/h6-9,11,14-15H,5,10H2,1-4H3,(H,20,22)(H,21,26,27)/b19-11+. The maximum absolute atomic E-state index is 12.3. The Morgan fingerprint density at radius 1 is 1.30 bits per heavy atom. The average molecular weight is 371 g/mol. The smallest absolute Gasteiger partial charge is 0.325 e. The van der Waals surface area contributed by atoms with E-state index in [2.05, 4.69) is 20.8 Å². The van der Waals surface area contributed by atoms with E-state index in [1.165, 1.54) is 4.90 Å². The number of carbonyl (C=O) groups excluding carboxylic acids is 2. The van der Waals surface area contributed by atoms with E-state index < -0.39 is 18.2 Å². The first-order chi connectivity index (χ1) is 12.9. The first-order valence-electron chi connectivity index (χ1n) is 8.91. The SMILES string of the molecule is CCCN1C(N/N=C/c2ccc(N(C)C)cc2)=NC2C1C(=O)NC(=O)N2C. The van der Waals surface area contributed by atoms with Crippen LogP contribution in [0.3, 0.4) is 0 Å². The van der Waals surface area contributed by atoms with Gasteiger partial charge in [0.25, 0.3) is 5.91 Å². The number of guanidine groups is 1. The molecule has 0 spiro atoms. The normalized spacial score (nSPS) is 22.0. The quantitative estimate of drug-likeness (QED) is 0.585. The van der Waals surface area contributed by atoms with Gasteiger partial charge >= 0.3 is 6.03 Å². The number of nitrogens with zero attached hydrogens (tertiary/aromatic N) is 5. The molecule has 27 heavy (non-hydrogen) atoms. The molecule has 2 unspecified atom stereocenters. The minimum Gasteiger partial charge on any atom is -0.378 e.